The van der Waals surface area contributed by atoms with Crippen LogP contribution in [0.4, 0.5) is 5.82 Å². The molecule has 0 atom stereocenters. The zero-order valence-corrected chi connectivity index (χ0v) is 12.9. The summed E-state index contributed by atoms with van der Waals surface area (Å²) in [6.07, 6.45) is 4.38. The lowest BCUT2D eigenvalue weighted by molar-refractivity contribution is 0.483. The van der Waals surface area contributed by atoms with E-state index >= 15 is 0 Å². The molecule has 0 unspecified atom stereocenters. The summed E-state index contributed by atoms with van der Waals surface area (Å²) in [6.45, 7) is 12.9. The van der Waals surface area contributed by atoms with Crippen LogP contribution < -0.4 is 10.2 Å². The average Bonchev–Trinajstić information content (AvgIpc) is 2.47. The minimum Gasteiger partial charge on any atom is -0.356 e. The molecule has 0 radical (unpaired) electrons. The predicted molar refractivity (Wildman–Crippen MR) is 83.6 cm³/mol. The van der Waals surface area contributed by atoms with Crippen molar-refractivity contribution in [2.24, 2.45) is 5.92 Å². The molecule has 3 nitrogen and oxygen atoms in total. The van der Waals surface area contributed by atoms with Crippen molar-refractivity contribution < 1.29 is 0 Å². The SMILES string of the molecule is CCNCc1cccnc1N(CC)CC(CC)CC. The summed E-state index contributed by atoms with van der Waals surface area (Å²) in [4.78, 5) is 7.03. The first-order chi connectivity index (χ1) is 9.26. The Morgan fingerprint density at radius 3 is 2.53 bits per heavy atom. The van der Waals surface area contributed by atoms with Crippen molar-refractivity contribution in [2.75, 3.05) is 24.5 Å². The van der Waals surface area contributed by atoms with Gasteiger partial charge in [-0.2, -0.15) is 0 Å². The smallest absolute Gasteiger partial charge is 0.133 e. The highest BCUT2D eigenvalue weighted by atomic mass is 15.2. The molecule has 1 aromatic rings. The van der Waals surface area contributed by atoms with E-state index in [9.17, 15) is 0 Å². The van der Waals surface area contributed by atoms with Crippen LogP contribution >= 0.6 is 0 Å². The Bertz CT molecular complexity index is 348. The van der Waals surface area contributed by atoms with Gasteiger partial charge in [-0.25, -0.2) is 4.98 Å². The van der Waals surface area contributed by atoms with Gasteiger partial charge in [0, 0.05) is 31.4 Å². The monoisotopic (exact) mass is 263 g/mol. The molecule has 19 heavy (non-hydrogen) atoms. The molecule has 0 amide bonds. The maximum Gasteiger partial charge on any atom is 0.133 e. The average molecular weight is 263 g/mol. The van der Waals surface area contributed by atoms with Gasteiger partial charge in [-0.1, -0.05) is 39.7 Å². The molecular formula is C16H29N3. The summed E-state index contributed by atoms with van der Waals surface area (Å²) >= 11 is 0. The lowest BCUT2D eigenvalue weighted by atomic mass is 10.0. The van der Waals surface area contributed by atoms with Crippen LogP contribution in [-0.4, -0.2) is 24.6 Å². The molecule has 0 aliphatic rings. The molecule has 1 rings (SSSR count). The van der Waals surface area contributed by atoms with E-state index < -0.39 is 0 Å². The second-order valence-corrected chi connectivity index (χ2v) is 4.99. The summed E-state index contributed by atoms with van der Waals surface area (Å²) < 4.78 is 0. The Kier molecular flexibility index (Phi) is 7.49. The van der Waals surface area contributed by atoms with Gasteiger partial charge in [-0.05, 0) is 25.5 Å². The van der Waals surface area contributed by atoms with Gasteiger partial charge in [0.25, 0.3) is 0 Å². The van der Waals surface area contributed by atoms with Crippen LogP contribution in [0.2, 0.25) is 0 Å². The third kappa shape index (κ3) is 4.83. The molecule has 0 saturated heterocycles. The maximum absolute atomic E-state index is 4.61. The Labute approximate surface area is 118 Å². The molecule has 0 spiro atoms. The quantitative estimate of drug-likeness (QED) is 0.739. The fourth-order valence-electron chi connectivity index (χ4n) is 2.34. The van der Waals surface area contributed by atoms with E-state index in [0.717, 1.165) is 37.9 Å². The molecule has 0 saturated carbocycles. The summed E-state index contributed by atoms with van der Waals surface area (Å²) in [7, 11) is 0. The summed E-state index contributed by atoms with van der Waals surface area (Å²) in [5.41, 5.74) is 1.30. The number of hydrogen-bond acceptors (Lipinski definition) is 3. The van der Waals surface area contributed by atoms with E-state index in [2.05, 4.69) is 49.0 Å². The van der Waals surface area contributed by atoms with Gasteiger partial charge in [0.2, 0.25) is 0 Å². The Balaban J connectivity index is 2.84. The summed E-state index contributed by atoms with van der Waals surface area (Å²) in [5.74, 6) is 1.91. The van der Waals surface area contributed by atoms with Crippen LogP contribution in [0.1, 0.15) is 46.1 Å². The molecule has 0 aliphatic heterocycles. The minimum atomic E-state index is 0.758. The van der Waals surface area contributed by atoms with Crippen LogP contribution in [0.3, 0.4) is 0 Å². The Morgan fingerprint density at radius 2 is 1.95 bits per heavy atom. The van der Waals surface area contributed by atoms with Gasteiger partial charge in [-0.15, -0.1) is 0 Å². The van der Waals surface area contributed by atoms with E-state index in [0.29, 0.717) is 0 Å². The maximum atomic E-state index is 4.61. The zero-order chi connectivity index (χ0) is 14.1. The number of anilines is 1. The normalized spacial score (nSPS) is 11.0. The van der Waals surface area contributed by atoms with Gasteiger partial charge >= 0.3 is 0 Å². The summed E-state index contributed by atoms with van der Waals surface area (Å²) in [6, 6.07) is 4.21. The van der Waals surface area contributed by atoms with Crippen molar-refractivity contribution in [3.63, 3.8) is 0 Å². The molecule has 3 heteroatoms. The topological polar surface area (TPSA) is 28.2 Å². The van der Waals surface area contributed by atoms with Crippen molar-refractivity contribution in [3.05, 3.63) is 23.9 Å². The summed E-state index contributed by atoms with van der Waals surface area (Å²) in [5, 5.41) is 3.40. The third-order valence-electron chi connectivity index (χ3n) is 3.75. The Hall–Kier alpha value is -1.09. The van der Waals surface area contributed by atoms with Crippen molar-refractivity contribution in [2.45, 2.75) is 47.1 Å². The number of rotatable bonds is 9. The lowest BCUT2D eigenvalue weighted by Crippen LogP contribution is -2.31. The molecule has 108 valence electrons. The van der Waals surface area contributed by atoms with Crippen LogP contribution in [0.5, 0.6) is 0 Å². The highest BCUT2D eigenvalue weighted by molar-refractivity contribution is 5.46. The first-order valence-corrected chi connectivity index (χ1v) is 7.66. The van der Waals surface area contributed by atoms with E-state index in [4.69, 9.17) is 0 Å². The second kappa shape index (κ2) is 8.92. The first kappa shape index (κ1) is 16.0. The van der Waals surface area contributed by atoms with E-state index in [1.807, 2.05) is 12.3 Å². The van der Waals surface area contributed by atoms with E-state index in [1.54, 1.807) is 0 Å². The molecule has 0 aromatic carbocycles. The first-order valence-electron chi connectivity index (χ1n) is 7.66. The molecular weight excluding hydrogens is 234 g/mol. The number of nitrogens with one attached hydrogen (secondary N) is 1. The standard InChI is InChI=1S/C16H29N3/c1-5-14(6-2)13-19(8-4)16-15(12-17-7-3)10-9-11-18-16/h9-11,14,17H,5-8,12-13H2,1-4H3. The number of pyridine rings is 1. The largest absolute Gasteiger partial charge is 0.356 e. The van der Waals surface area contributed by atoms with Gasteiger partial charge in [0.1, 0.15) is 5.82 Å². The highest BCUT2D eigenvalue weighted by Gasteiger charge is 2.14. The zero-order valence-electron chi connectivity index (χ0n) is 12.9. The third-order valence-corrected chi connectivity index (χ3v) is 3.75. The predicted octanol–water partition coefficient (Wildman–Crippen LogP) is 3.45. The molecule has 0 aliphatic carbocycles. The molecule has 0 bridgehead atoms. The molecule has 1 aromatic heterocycles. The van der Waals surface area contributed by atoms with Crippen molar-refractivity contribution >= 4 is 5.82 Å². The van der Waals surface area contributed by atoms with Gasteiger partial charge in [0.05, 0.1) is 0 Å². The number of nitrogens with zero attached hydrogens (tertiary/aromatic N) is 2. The fraction of sp³-hybridized carbons (Fsp3) is 0.688. The van der Waals surface area contributed by atoms with Crippen LogP contribution in [0, 0.1) is 5.92 Å². The molecule has 0 fully saturated rings. The highest BCUT2D eigenvalue weighted by Crippen LogP contribution is 2.20. The second-order valence-electron chi connectivity index (χ2n) is 4.99. The van der Waals surface area contributed by atoms with Crippen molar-refractivity contribution in [3.8, 4) is 0 Å². The van der Waals surface area contributed by atoms with E-state index in [-0.39, 0.29) is 0 Å². The molecule has 1 N–H and O–H groups in total. The van der Waals surface area contributed by atoms with Gasteiger partial charge in [-0.3, -0.25) is 0 Å². The van der Waals surface area contributed by atoms with Crippen molar-refractivity contribution in [1.29, 1.82) is 0 Å². The van der Waals surface area contributed by atoms with Crippen LogP contribution in [0.25, 0.3) is 0 Å². The Morgan fingerprint density at radius 1 is 1.21 bits per heavy atom. The van der Waals surface area contributed by atoms with Gasteiger partial charge in [0.15, 0.2) is 0 Å². The number of hydrogen-bond donors (Lipinski definition) is 1. The minimum absolute atomic E-state index is 0.758. The van der Waals surface area contributed by atoms with Gasteiger partial charge < -0.3 is 10.2 Å². The van der Waals surface area contributed by atoms with Crippen molar-refractivity contribution in [1.82, 2.24) is 10.3 Å². The van der Waals surface area contributed by atoms with Crippen LogP contribution in [0.15, 0.2) is 18.3 Å². The lowest BCUT2D eigenvalue weighted by Gasteiger charge is -2.28. The van der Waals surface area contributed by atoms with Crippen LogP contribution in [-0.2, 0) is 6.54 Å². The number of aromatic nitrogens is 1. The molecule has 1 heterocycles. The fourth-order valence-corrected chi connectivity index (χ4v) is 2.34. The van der Waals surface area contributed by atoms with E-state index in [1.165, 1.54) is 18.4 Å².